The summed E-state index contributed by atoms with van der Waals surface area (Å²) in [6.45, 7) is 2.57. The van der Waals surface area contributed by atoms with Crippen LogP contribution in [0.5, 0.6) is 0 Å². The summed E-state index contributed by atoms with van der Waals surface area (Å²) in [6.07, 6.45) is 5.43. The third-order valence-electron chi connectivity index (χ3n) is 4.81. The van der Waals surface area contributed by atoms with E-state index in [2.05, 4.69) is 20.9 Å². The van der Waals surface area contributed by atoms with E-state index in [9.17, 15) is 9.59 Å². The van der Waals surface area contributed by atoms with E-state index in [0.717, 1.165) is 37.9 Å². The fourth-order valence-electron chi connectivity index (χ4n) is 3.25. The zero-order valence-corrected chi connectivity index (χ0v) is 17.9. The minimum absolute atomic E-state index is 0. The topological polar surface area (TPSA) is 83.1 Å². The number of aromatic nitrogens is 1. The average molecular weight is 439 g/mol. The monoisotopic (exact) mass is 438 g/mol. The normalized spacial score (nSPS) is 13.5. The van der Waals surface area contributed by atoms with E-state index in [-0.39, 0.29) is 36.6 Å². The number of nitrogens with zero attached hydrogens (tertiary/aromatic N) is 1. The predicted molar refractivity (Wildman–Crippen MR) is 120 cm³/mol. The Hall–Kier alpha value is -2.15. The number of hydrogen-bond acceptors (Lipinski definition) is 4. The summed E-state index contributed by atoms with van der Waals surface area (Å²) in [5.41, 5.74) is 2.00. The zero-order chi connectivity index (χ0) is 18.9. The quantitative estimate of drug-likeness (QED) is 0.616. The van der Waals surface area contributed by atoms with Crippen LogP contribution in [-0.4, -0.2) is 29.9 Å². The molecule has 0 saturated carbocycles. The van der Waals surface area contributed by atoms with Crippen molar-refractivity contribution in [1.82, 2.24) is 15.6 Å². The first-order chi connectivity index (χ1) is 13.2. The molecule has 0 radical (unpaired) electrons. The van der Waals surface area contributed by atoms with Crippen LogP contribution in [0.2, 0.25) is 0 Å². The molecule has 2 amide bonds. The minimum Gasteiger partial charge on any atom is -0.352 e. The Labute approximate surface area is 184 Å². The number of anilines is 1. The van der Waals surface area contributed by atoms with Gasteiger partial charge in [0.05, 0.1) is 0 Å². The first-order valence-corrected chi connectivity index (χ1v) is 9.49. The number of piperidine rings is 1. The van der Waals surface area contributed by atoms with Crippen molar-refractivity contribution in [3.63, 3.8) is 0 Å². The summed E-state index contributed by atoms with van der Waals surface area (Å²) in [5.74, 6) is 0.484. The minimum atomic E-state index is -0.251. The molecule has 158 valence electrons. The van der Waals surface area contributed by atoms with Gasteiger partial charge in [0, 0.05) is 24.8 Å². The lowest BCUT2D eigenvalue weighted by atomic mass is 9.93. The molecule has 1 aromatic carbocycles. The highest BCUT2D eigenvalue weighted by Gasteiger charge is 2.14. The molecule has 3 rings (SSSR count). The van der Waals surface area contributed by atoms with Crippen LogP contribution >= 0.6 is 24.8 Å². The van der Waals surface area contributed by atoms with Gasteiger partial charge in [0.25, 0.3) is 5.91 Å². The highest BCUT2D eigenvalue weighted by Crippen LogP contribution is 2.17. The Bertz CT molecular complexity index is 768. The maximum atomic E-state index is 12.2. The number of carbonyl (C=O) groups excluding carboxylic acids is 2. The second-order valence-electron chi connectivity index (χ2n) is 6.88. The Morgan fingerprint density at radius 1 is 1.07 bits per heavy atom. The molecule has 2 aromatic rings. The van der Waals surface area contributed by atoms with Crippen molar-refractivity contribution in [3.05, 3.63) is 59.9 Å². The second kappa shape index (κ2) is 13.1. The lowest BCUT2D eigenvalue weighted by Crippen LogP contribution is -2.29. The van der Waals surface area contributed by atoms with Gasteiger partial charge in [0.2, 0.25) is 5.91 Å². The molecule has 8 heteroatoms. The first kappa shape index (κ1) is 24.9. The van der Waals surface area contributed by atoms with Crippen molar-refractivity contribution in [2.75, 3.05) is 18.4 Å². The number of nitrogens with one attached hydrogen (secondary N) is 3. The molecular formula is C21H28Cl2N4O2. The number of hydrogen-bond donors (Lipinski definition) is 3. The Morgan fingerprint density at radius 3 is 2.59 bits per heavy atom. The van der Waals surface area contributed by atoms with Crippen LogP contribution in [0.1, 0.15) is 41.7 Å². The molecule has 1 aliphatic heterocycles. The van der Waals surface area contributed by atoms with Crippen LogP contribution in [0.3, 0.4) is 0 Å². The van der Waals surface area contributed by atoms with Gasteiger partial charge in [-0.05, 0) is 68.1 Å². The molecule has 2 heterocycles. The van der Waals surface area contributed by atoms with Crippen LogP contribution in [0.15, 0.2) is 48.7 Å². The number of halogens is 2. The number of carbonyl (C=O) groups is 2. The Balaban J connectivity index is 0.00000210. The second-order valence-corrected chi connectivity index (χ2v) is 6.88. The number of benzene rings is 1. The van der Waals surface area contributed by atoms with E-state index in [1.165, 1.54) is 0 Å². The molecule has 29 heavy (non-hydrogen) atoms. The van der Waals surface area contributed by atoms with Crippen LogP contribution in [0, 0.1) is 5.92 Å². The van der Waals surface area contributed by atoms with Crippen molar-refractivity contribution in [3.8, 4) is 0 Å². The van der Waals surface area contributed by atoms with Gasteiger partial charge in [-0.25, -0.2) is 0 Å². The fourth-order valence-corrected chi connectivity index (χ4v) is 3.25. The molecule has 1 aliphatic rings. The van der Waals surface area contributed by atoms with Crippen molar-refractivity contribution in [1.29, 1.82) is 0 Å². The third kappa shape index (κ3) is 8.40. The van der Waals surface area contributed by atoms with E-state index in [1.54, 1.807) is 24.4 Å². The van der Waals surface area contributed by atoms with E-state index in [1.807, 2.05) is 24.3 Å². The Kier molecular flexibility index (Phi) is 11.3. The molecule has 0 aliphatic carbocycles. The van der Waals surface area contributed by atoms with E-state index in [4.69, 9.17) is 0 Å². The summed E-state index contributed by atoms with van der Waals surface area (Å²) < 4.78 is 0. The maximum absolute atomic E-state index is 12.2. The Morgan fingerprint density at radius 2 is 1.86 bits per heavy atom. The van der Waals surface area contributed by atoms with E-state index >= 15 is 0 Å². The standard InChI is InChI=1S/C21H26N4O2.2ClH/c26-20(8-7-16-9-12-22-13-10-16)24-15-17-4-3-5-18(14-17)25-21(27)19-6-1-2-11-23-19;;/h1-6,11,14,16,22H,7-10,12-13,15H2,(H,24,26)(H,25,27);2*1H. The fraction of sp³-hybridized carbons (Fsp3) is 0.381. The van der Waals surface area contributed by atoms with Crippen molar-refractivity contribution < 1.29 is 9.59 Å². The summed E-state index contributed by atoms with van der Waals surface area (Å²) in [5, 5.41) is 9.15. The van der Waals surface area contributed by atoms with Gasteiger partial charge in [-0.15, -0.1) is 24.8 Å². The summed E-state index contributed by atoms with van der Waals surface area (Å²) in [4.78, 5) is 28.3. The van der Waals surface area contributed by atoms with Gasteiger partial charge in [-0.2, -0.15) is 0 Å². The van der Waals surface area contributed by atoms with Crippen molar-refractivity contribution in [2.45, 2.75) is 32.2 Å². The van der Waals surface area contributed by atoms with Crippen LogP contribution < -0.4 is 16.0 Å². The van der Waals surface area contributed by atoms with Crippen LogP contribution in [0.25, 0.3) is 0 Å². The van der Waals surface area contributed by atoms with E-state index in [0.29, 0.717) is 30.3 Å². The number of rotatable bonds is 7. The van der Waals surface area contributed by atoms with Crippen molar-refractivity contribution in [2.24, 2.45) is 5.92 Å². The van der Waals surface area contributed by atoms with Crippen molar-refractivity contribution >= 4 is 42.3 Å². The largest absolute Gasteiger partial charge is 0.352 e. The number of amides is 2. The van der Waals surface area contributed by atoms with Crippen LogP contribution in [-0.2, 0) is 11.3 Å². The molecule has 1 saturated heterocycles. The van der Waals surface area contributed by atoms with Gasteiger partial charge >= 0.3 is 0 Å². The third-order valence-corrected chi connectivity index (χ3v) is 4.81. The SMILES string of the molecule is Cl.Cl.O=C(CCC1CCNCC1)NCc1cccc(NC(=O)c2ccccn2)c1. The van der Waals surface area contributed by atoms with Gasteiger partial charge in [-0.1, -0.05) is 18.2 Å². The zero-order valence-electron chi connectivity index (χ0n) is 16.2. The lowest BCUT2D eigenvalue weighted by Gasteiger charge is -2.22. The molecule has 1 aromatic heterocycles. The average Bonchev–Trinajstić information content (AvgIpc) is 2.72. The van der Waals surface area contributed by atoms with Gasteiger partial charge in [0.1, 0.15) is 5.69 Å². The summed E-state index contributed by atoms with van der Waals surface area (Å²) in [7, 11) is 0. The van der Waals surface area contributed by atoms with Gasteiger partial charge in [0.15, 0.2) is 0 Å². The number of pyridine rings is 1. The van der Waals surface area contributed by atoms with Crippen LogP contribution in [0.4, 0.5) is 5.69 Å². The first-order valence-electron chi connectivity index (χ1n) is 9.49. The van der Waals surface area contributed by atoms with Gasteiger partial charge in [-0.3, -0.25) is 14.6 Å². The predicted octanol–water partition coefficient (Wildman–Crippen LogP) is 3.57. The highest BCUT2D eigenvalue weighted by molar-refractivity contribution is 6.02. The van der Waals surface area contributed by atoms with Gasteiger partial charge < -0.3 is 16.0 Å². The lowest BCUT2D eigenvalue weighted by molar-refractivity contribution is -0.121. The molecule has 0 atom stereocenters. The maximum Gasteiger partial charge on any atom is 0.274 e. The smallest absolute Gasteiger partial charge is 0.274 e. The molecule has 1 fully saturated rings. The summed E-state index contributed by atoms with van der Waals surface area (Å²) in [6, 6.07) is 12.7. The summed E-state index contributed by atoms with van der Waals surface area (Å²) >= 11 is 0. The molecule has 0 spiro atoms. The molecule has 0 bridgehead atoms. The molecule has 3 N–H and O–H groups in total. The molecule has 6 nitrogen and oxygen atoms in total. The molecular weight excluding hydrogens is 411 g/mol. The highest BCUT2D eigenvalue weighted by atomic mass is 35.5. The van der Waals surface area contributed by atoms with E-state index < -0.39 is 0 Å². The molecule has 0 unspecified atom stereocenters.